The van der Waals surface area contributed by atoms with Gasteiger partial charge in [-0.25, -0.2) is 9.78 Å². The van der Waals surface area contributed by atoms with Crippen LogP contribution in [0.15, 0.2) is 36.7 Å². The molecule has 0 N–H and O–H groups in total. The van der Waals surface area contributed by atoms with Gasteiger partial charge in [0.1, 0.15) is 17.7 Å². The van der Waals surface area contributed by atoms with E-state index in [0.717, 1.165) is 59.6 Å². The molecule has 1 atom stereocenters. The topological polar surface area (TPSA) is 80.8 Å². The van der Waals surface area contributed by atoms with Gasteiger partial charge in [-0.3, -0.25) is 4.68 Å². The van der Waals surface area contributed by atoms with E-state index in [4.69, 9.17) is 9.84 Å². The zero-order valence-corrected chi connectivity index (χ0v) is 23.8. The highest BCUT2D eigenvalue weighted by atomic mass is 127. The smallest absolute Gasteiger partial charge is 0.410 e. The third-order valence-electron chi connectivity index (χ3n) is 7.37. The van der Waals surface area contributed by atoms with Gasteiger partial charge in [0.25, 0.3) is 0 Å². The molecule has 194 valence electrons. The molecule has 37 heavy (non-hydrogen) atoms. The van der Waals surface area contributed by atoms with Gasteiger partial charge in [-0.05, 0) is 92.8 Å². The number of likely N-dealkylation sites (tertiary alicyclic amines) is 1. The highest BCUT2D eigenvalue weighted by Crippen LogP contribution is 2.35. The Labute approximate surface area is 229 Å². The lowest BCUT2D eigenvalue weighted by Gasteiger charge is -2.34. The van der Waals surface area contributed by atoms with Crippen LogP contribution in [-0.4, -0.2) is 60.6 Å². The van der Waals surface area contributed by atoms with Crippen LogP contribution < -0.4 is 4.90 Å². The van der Waals surface area contributed by atoms with Crippen LogP contribution in [0.5, 0.6) is 0 Å². The Morgan fingerprint density at radius 3 is 2.68 bits per heavy atom. The van der Waals surface area contributed by atoms with Crippen LogP contribution in [0.25, 0.3) is 16.6 Å². The summed E-state index contributed by atoms with van der Waals surface area (Å²) in [5.74, 6) is 1.47. The largest absolute Gasteiger partial charge is 0.444 e. The molecule has 0 unspecified atom stereocenters. The molecule has 2 aliphatic heterocycles. The number of amides is 1. The van der Waals surface area contributed by atoms with Crippen molar-refractivity contribution in [1.29, 1.82) is 0 Å². The van der Waals surface area contributed by atoms with Crippen molar-refractivity contribution in [3.05, 3.63) is 51.5 Å². The van der Waals surface area contributed by atoms with Crippen molar-refractivity contribution < 1.29 is 9.53 Å². The van der Waals surface area contributed by atoms with Crippen molar-refractivity contribution in [1.82, 2.24) is 29.3 Å². The third kappa shape index (κ3) is 4.53. The minimum atomic E-state index is -0.466. The van der Waals surface area contributed by atoms with E-state index in [1.807, 2.05) is 30.2 Å². The number of hydrogen-bond donors (Lipinski definition) is 0. The van der Waals surface area contributed by atoms with E-state index in [1.54, 1.807) is 6.33 Å². The maximum absolute atomic E-state index is 12.5. The number of anilines is 1. The Bertz CT molecular complexity index is 1480. The molecule has 1 fully saturated rings. The van der Waals surface area contributed by atoms with Gasteiger partial charge >= 0.3 is 6.09 Å². The average Bonchev–Trinajstić information content (AvgIpc) is 3.49. The summed E-state index contributed by atoms with van der Waals surface area (Å²) >= 11 is 2.31. The van der Waals surface area contributed by atoms with Crippen molar-refractivity contribution in [3.8, 4) is 0 Å². The Morgan fingerprint density at radius 2 is 1.92 bits per heavy atom. The van der Waals surface area contributed by atoms with Crippen LogP contribution in [0.2, 0.25) is 0 Å². The lowest BCUT2D eigenvalue weighted by Crippen LogP contribution is -2.41. The van der Waals surface area contributed by atoms with Gasteiger partial charge in [0.15, 0.2) is 5.65 Å². The number of carbonyl (C=O) groups excluding carboxylic acids is 1. The zero-order valence-electron chi connectivity index (χ0n) is 21.7. The summed E-state index contributed by atoms with van der Waals surface area (Å²) in [7, 11) is 0. The fourth-order valence-corrected chi connectivity index (χ4v) is 6.14. The number of fused-ring (bicyclic) bond motifs is 4. The van der Waals surface area contributed by atoms with E-state index in [1.165, 1.54) is 16.6 Å². The lowest BCUT2D eigenvalue weighted by atomic mass is 9.89. The molecule has 1 amide bonds. The fraction of sp³-hybridized carbons (Fsp3) is 0.481. The van der Waals surface area contributed by atoms with E-state index in [-0.39, 0.29) is 12.1 Å². The van der Waals surface area contributed by atoms with Gasteiger partial charge in [-0.1, -0.05) is 12.1 Å². The summed E-state index contributed by atoms with van der Waals surface area (Å²) in [6.07, 6.45) is 3.28. The molecule has 3 aromatic heterocycles. The molecule has 5 heterocycles. The molecule has 1 saturated heterocycles. The molecule has 0 radical (unpaired) electrons. The fourth-order valence-electron chi connectivity index (χ4n) is 5.59. The first-order chi connectivity index (χ1) is 17.7. The van der Waals surface area contributed by atoms with Crippen molar-refractivity contribution in [2.75, 3.05) is 24.5 Å². The number of nitrogens with zero attached hydrogens (tertiary/aromatic N) is 7. The monoisotopic (exact) mass is 613 g/mol. The van der Waals surface area contributed by atoms with Crippen LogP contribution >= 0.6 is 22.6 Å². The van der Waals surface area contributed by atoms with Crippen molar-refractivity contribution in [3.63, 3.8) is 0 Å². The molecule has 4 aromatic rings. The van der Waals surface area contributed by atoms with Crippen LogP contribution in [0, 0.1) is 3.57 Å². The van der Waals surface area contributed by atoms with Gasteiger partial charge in [0, 0.05) is 25.0 Å². The number of carbonyl (C=O) groups is 1. The van der Waals surface area contributed by atoms with Crippen LogP contribution in [0.3, 0.4) is 0 Å². The molecular formula is C27H32IN7O2. The van der Waals surface area contributed by atoms with Gasteiger partial charge in [0.2, 0.25) is 0 Å². The maximum atomic E-state index is 12.5. The van der Waals surface area contributed by atoms with Crippen LogP contribution in [0.4, 0.5) is 10.6 Å². The van der Waals surface area contributed by atoms with Crippen molar-refractivity contribution in [2.24, 2.45) is 0 Å². The average molecular weight is 614 g/mol. The van der Waals surface area contributed by atoms with Crippen molar-refractivity contribution in [2.45, 2.75) is 64.6 Å². The number of rotatable bonds is 2. The van der Waals surface area contributed by atoms with E-state index < -0.39 is 5.60 Å². The van der Waals surface area contributed by atoms with Crippen molar-refractivity contribution >= 4 is 51.1 Å². The SMILES string of the molecule is C[C@@H]1CN(c2ccc(I)c3ncnn23)Cc2c3ccc(C4CCN(C(=O)OC(C)(C)C)CC4)cc3nn21. The highest BCUT2D eigenvalue weighted by molar-refractivity contribution is 14.1. The molecule has 0 spiro atoms. The molecule has 10 heteroatoms. The molecular weight excluding hydrogens is 581 g/mol. The number of aromatic nitrogens is 5. The summed E-state index contributed by atoms with van der Waals surface area (Å²) in [5.41, 5.74) is 4.00. The normalized spacial score (nSPS) is 19.0. The van der Waals surface area contributed by atoms with Gasteiger partial charge in [0.05, 0.1) is 27.4 Å². The summed E-state index contributed by atoms with van der Waals surface area (Å²) in [4.78, 5) is 21.1. The Morgan fingerprint density at radius 1 is 1.14 bits per heavy atom. The predicted molar refractivity (Wildman–Crippen MR) is 151 cm³/mol. The highest BCUT2D eigenvalue weighted by Gasteiger charge is 2.30. The van der Waals surface area contributed by atoms with Gasteiger partial charge in [-0.15, -0.1) is 0 Å². The number of benzene rings is 1. The second kappa shape index (κ2) is 9.14. The third-order valence-corrected chi connectivity index (χ3v) is 8.21. The summed E-state index contributed by atoms with van der Waals surface area (Å²) in [6, 6.07) is 11.2. The van der Waals surface area contributed by atoms with E-state index >= 15 is 0 Å². The first-order valence-electron chi connectivity index (χ1n) is 12.9. The summed E-state index contributed by atoms with van der Waals surface area (Å²) in [5, 5.41) is 10.7. The van der Waals surface area contributed by atoms with E-state index in [0.29, 0.717) is 5.92 Å². The summed E-state index contributed by atoms with van der Waals surface area (Å²) in [6.45, 7) is 11.0. The lowest BCUT2D eigenvalue weighted by molar-refractivity contribution is 0.0205. The van der Waals surface area contributed by atoms with Crippen LogP contribution in [-0.2, 0) is 11.3 Å². The Hall–Kier alpha value is -2.89. The molecule has 0 saturated carbocycles. The molecule has 6 rings (SSSR count). The minimum absolute atomic E-state index is 0.210. The van der Waals surface area contributed by atoms with Gasteiger partial charge < -0.3 is 14.5 Å². The molecule has 9 nitrogen and oxygen atoms in total. The number of pyridine rings is 1. The van der Waals surface area contributed by atoms with E-state index in [2.05, 4.69) is 79.5 Å². The van der Waals surface area contributed by atoms with Gasteiger partial charge in [-0.2, -0.15) is 14.7 Å². The standard InChI is InChI=1S/C27H32IN7O2/c1-17-14-33(24-8-7-21(28)25-29-16-30-35(24)25)15-23-20-6-5-19(13-22(20)31-34(17)23)18-9-11-32(12-10-18)26(36)37-27(2,3)4/h5-8,13,16-18H,9-12,14-15H2,1-4H3/t17-/m1/s1. The minimum Gasteiger partial charge on any atom is -0.444 e. The summed E-state index contributed by atoms with van der Waals surface area (Å²) < 4.78 is 10.8. The Kier molecular flexibility index (Phi) is 6.04. The number of ether oxygens (including phenoxy) is 1. The number of piperidine rings is 1. The maximum Gasteiger partial charge on any atom is 0.410 e. The molecule has 1 aromatic carbocycles. The quantitative estimate of drug-likeness (QED) is 0.283. The first-order valence-corrected chi connectivity index (χ1v) is 14.0. The first kappa shape index (κ1) is 24.4. The Balaban J connectivity index is 1.23. The van der Waals surface area contributed by atoms with E-state index in [9.17, 15) is 4.79 Å². The number of halogens is 1. The number of hydrogen-bond acceptors (Lipinski definition) is 6. The molecule has 0 aliphatic carbocycles. The van der Waals surface area contributed by atoms with Crippen LogP contribution in [0.1, 0.15) is 63.8 Å². The second-order valence-electron chi connectivity index (χ2n) is 11.2. The molecule has 0 bridgehead atoms. The predicted octanol–water partition coefficient (Wildman–Crippen LogP) is 5.38. The second-order valence-corrected chi connectivity index (χ2v) is 12.3. The zero-order chi connectivity index (χ0) is 25.9. The molecule has 2 aliphatic rings.